The van der Waals surface area contributed by atoms with E-state index in [1.165, 1.54) is 25.7 Å². The van der Waals surface area contributed by atoms with Gasteiger partial charge in [0.05, 0.1) is 0 Å². The van der Waals surface area contributed by atoms with Crippen molar-refractivity contribution in [1.82, 2.24) is 0 Å². The molecule has 26 heavy (non-hydrogen) atoms. The Labute approximate surface area is 157 Å². The zero-order chi connectivity index (χ0) is 18.5. The molecule has 0 bridgehead atoms. The van der Waals surface area contributed by atoms with Crippen LogP contribution in [-0.2, 0) is 6.42 Å². The second kappa shape index (κ2) is 9.03. The van der Waals surface area contributed by atoms with Crippen LogP contribution in [0, 0.1) is 41.2 Å². The SMILES string of the molecule is CC#C[C@H]1CC[C@H](C2CCC(c3ccc(CCC)c(F)c3F)CC2)CC1. The fourth-order valence-electron chi connectivity index (χ4n) is 5.22. The zero-order valence-corrected chi connectivity index (χ0v) is 16.3. The molecule has 0 atom stereocenters. The van der Waals surface area contributed by atoms with E-state index in [0.29, 0.717) is 23.5 Å². The molecular weight excluding hydrogens is 326 g/mol. The normalized spacial score (nSPS) is 29.1. The molecule has 0 radical (unpaired) electrons. The van der Waals surface area contributed by atoms with E-state index in [2.05, 4.69) is 11.8 Å². The second-order valence-electron chi connectivity index (χ2n) is 8.31. The maximum absolute atomic E-state index is 14.5. The minimum atomic E-state index is -0.609. The number of hydrogen-bond acceptors (Lipinski definition) is 0. The maximum Gasteiger partial charge on any atom is 0.162 e. The summed E-state index contributed by atoms with van der Waals surface area (Å²) in [5.74, 6) is 7.59. The summed E-state index contributed by atoms with van der Waals surface area (Å²) in [5, 5.41) is 0. The van der Waals surface area contributed by atoms with Gasteiger partial charge in [0.1, 0.15) is 0 Å². The van der Waals surface area contributed by atoms with E-state index in [9.17, 15) is 8.78 Å². The Morgan fingerprint density at radius 3 is 2.08 bits per heavy atom. The summed E-state index contributed by atoms with van der Waals surface area (Å²) in [4.78, 5) is 0. The third-order valence-electron chi connectivity index (χ3n) is 6.71. The number of hydrogen-bond donors (Lipinski definition) is 0. The van der Waals surface area contributed by atoms with Gasteiger partial charge in [-0.1, -0.05) is 25.5 Å². The van der Waals surface area contributed by atoms with Crippen LogP contribution in [0.15, 0.2) is 12.1 Å². The smallest absolute Gasteiger partial charge is 0.162 e. The van der Waals surface area contributed by atoms with Crippen molar-refractivity contribution in [3.05, 3.63) is 34.9 Å². The van der Waals surface area contributed by atoms with E-state index >= 15 is 0 Å². The first kappa shape index (κ1) is 19.4. The Morgan fingerprint density at radius 1 is 0.885 bits per heavy atom. The zero-order valence-electron chi connectivity index (χ0n) is 16.3. The van der Waals surface area contributed by atoms with Gasteiger partial charge in [0, 0.05) is 5.92 Å². The quantitative estimate of drug-likeness (QED) is 0.507. The van der Waals surface area contributed by atoms with Gasteiger partial charge in [0.15, 0.2) is 11.6 Å². The molecular formula is C24H32F2. The summed E-state index contributed by atoms with van der Waals surface area (Å²) in [6.45, 7) is 3.93. The minimum absolute atomic E-state index is 0.193. The van der Waals surface area contributed by atoms with E-state index in [1.54, 1.807) is 6.07 Å². The highest BCUT2D eigenvalue weighted by Gasteiger charge is 2.32. The molecule has 142 valence electrons. The highest BCUT2D eigenvalue weighted by molar-refractivity contribution is 5.29. The summed E-state index contributed by atoms with van der Waals surface area (Å²) < 4.78 is 28.8. The molecule has 0 amide bonds. The highest BCUT2D eigenvalue weighted by atomic mass is 19.2. The first-order valence-electron chi connectivity index (χ1n) is 10.5. The molecule has 0 heterocycles. The number of benzene rings is 1. The van der Waals surface area contributed by atoms with E-state index in [1.807, 2.05) is 19.9 Å². The van der Waals surface area contributed by atoms with Crippen LogP contribution in [-0.4, -0.2) is 0 Å². The fraction of sp³-hybridized carbons (Fsp3) is 0.667. The van der Waals surface area contributed by atoms with Gasteiger partial charge in [-0.15, -0.1) is 11.8 Å². The summed E-state index contributed by atoms with van der Waals surface area (Å²) in [5.41, 5.74) is 1.14. The average Bonchev–Trinajstić information content (AvgIpc) is 2.67. The minimum Gasteiger partial charge on any atom is -0.203 e. The summed E-state index contributed by atoms with van der Waals surface area (Å²) in [6.07, 6.45) is 10.9. The van der Waals surface area contributed by atoms with Gasteiger partial charge < -0.3 is 0 Å². The fourth-order valence-corrected chi connectivity index (χ4v) is 5.22. The Bertz CT molecular complexity index is 651. The molecule has 0 unspecified atom stereocenters. The Balaban J connectivity index is 1.57. The number of rotatable bonds is 4. The van der Waals surface area contributed by atoms with Crippen LogP contribution in [0.2, 0.25) is 0 Å². The van der Waals surface area contributed by atoms with Crippen LogP contribution in [0.4, 0.5) is 8.78 Å². The predicted molar refractivity (Wildman–Crippen MR) is 104 cm³/mol. The van der Waals surface area contributed by atoms with Crippen molar-refractivity contribution in [2.75, 3.05) is 0 Å². The Morgan fingerprint density at radius 2 is 1.50 bits per heavy atom. The molecule has 2 fully saturated rings. The van der Waals surface area contributed by atoms with Crippen molar-refractivity contribution in [3.63, 3.8) is 0 Å². The van der Waals surface area contributed by atoms with Crippen molar-refractivity contribution in [2.45, 2.75) is 84.0 Å². The molecule has 2 heteroatoms. The van der Waals surface area contributed by atoms with Crippen LogP contribution >= 0.6 is 0 Å². The molecule has 0 saturated heterocycles. The lowest BCUT2D eigenvalue weighted by Crippen LogP contribution is -2.25. The highest BCUT2D eigenvalue weighted by Crippen LogP contribution is 2.44. The second-order valence-corrected chi connectivity index (χ2v) is 8.31. The molecule has 2 saturated carbocycles. The van der Waals surface area contributed by atoms with E-state index in [-0.39, 0.29) is 5.92 Å². The summed E-state index contributed by atoms with van der Waals surface area (Å²) >= 11 is 0. The van der Waals surface area contributed by atoms with Gasteiger partial charge in [-0.25, -0.2) is 8.78 Å². The van der Waals surface area contributed by atoms with Gasteiger partial charge >= 0.3 is 0 Å². The first-order valence-corrected chi connectivity index (χ1v) is 10.5. The molecule has 0 N–H and O–H groups in total. The molecule has 0 aliphatic heterocycles. The molecule has 1 aromatic rings. The largest absolute Gasteiger partial charge is 0.203 e. The third kappa shape index (κ3) is 4.30. The van der Waals surface area contributed by atoms with Crippen LogP contribution < -0.4 is 0 Å². The van der Waals surface area contributed by atoms with Crippen molar-refractivity contribution in [2.24, 2.45) is 17.8 Å². The lowest BCUT2D eigenvalue weighted by molar-refractivity contribution is 0.172. The monoisotopic (exact) mass is 358 g/mol. The van der Waals surface area contributed by atoms with Crippen LogP contribution in [0.1, 0.15) is 88.7 Å². The van der Waals surface area contributed by atoms with Gasteiger partial charge in [-0.2, -0.15) is 0 Å². The first-order chi connectivity index (χ1) is 12.6. The predicted octanol–water partition coefficient (Wildman–Crippen LogP) is 7.02. The van der Waals surface area contributed by atoms with Crippen molar-refractivity contribution in [1.29, 1.82) is 0 Å². The van der Waals surface area contributed by atoms with Gasteiger partial charge in [0.2, 0.25) is 0 Å². The summed E-state index contributed by atoms with van der Waals surface area (Å²) in [7, 11) is 0. The van der Waals surface area contributed by atoms with Gasteiger partial charge in [-0.3, -0.25) is 0 Å². The standard InChI is InChI=1S/C24H32F2/c1-3-5-17-7-9-18(10-8-17)19-11-13-20(14-12-19)22-16-15-21(6-4-2)23(25)24(22)26/h15-20H,4,6-14H2,1-2H3/t17-,18-,19?,20?. The van der Waals surface area contributed by atoms with Gasteiger partial charge in [0.25, 0.3) is 0 Å². The van der Waals surface area contributed by atoms with E-state index in [4.69, 9.17) is 0 Å². The van der Waals surface area contributed by atoms with E-state index in [0.717, 1.165) is 43.9 Å². The molecule has 2 aliphatic carbocycles. The lowest BCUT2D eigenvalue weighted by Gasteiger charge is -2.37. The molecule has 0 nitrogen and oxygen atoms in total. The molecule has 1 aromatic carbocycles. The molecule has 0 aromatic heterocycles. The van der Waals surface area contributed by atoms with Crippen LogP contribution in [0.3, 0.4) is 0 Å². The number of halogens is 2. The molecule has 3 rings (SSSR count). The van der Waals surface area contributed by atoms with Crippen LogP contribution in [0.5, 0.6) is 0 Å². The van der Waals surface area contributed by atoms with Crippen molar-refractivity contribution >= 4 is 0 Å². The lowest BCUT2D eigenvalue weighted by atomic mass is 9.68. The maximum atomic E-state index is 14.5. The van der Waals surface area contributed by atoms with Gasteiger partial charge in [-0.05, 0) is 93.6 Å². The van der Waals surface area contributed by atoms with Crippen molar-refractivity contribution in [3.8, 4) is 11.8 Å². The van der Waals surface area contributed by atoms with E-state index < -0.39 is 11.6 Å². The molecule has 2 aliphatic rings. The third-order valence-corrected chi connectivity index (χ3v) is 6.71. The van der Waals surface area contributed by atoms with Crippen molar-refractivity contribution < 1.29 is 8.78 Å². The molecule has 0 spiro atoms. The average molecular weight is 359 g/mol. The number of aryl methyl sites for hydroxylation is 1. The summed E-state index contributed by atoms with van der Waals surface area (Å²) in [6, 6.07) is 3.66. The Hall–Kier alpha value is -1.36. The topological polar surface area (TPSA) is 0 Å². The Kier molecular flexibility index (Phi) is 6.74. The van der Waals surface area contributed by atoms with Crippen LogP contribution in [0.25, 0.3) is 0 Å².